The molecular formula is C15H21NO4. The molecule has 1 amide bonds. The predicted octanol–water partition coefficient (Wildman–Crippen LogP) is 1.23. The summed E-state index contributed by atoms with van der Waals surface area (Å²) in [5.74, 6) is 1.31. The maximum Gasteiger partial charge on any atom is 0.227 e. The van der Waals surface area contributed by atoms with Crippen LogP contribution >= 0.6 is 0 Å². The Morgan fingerprint density at radius 1 is 1.35 bits per heavy atom. The third-order valence-electron chi connectivity index (χ3n) is 3.55. The Kier molecular flexibility index (Phi) is 4.84. The normalized spacial score (nSPS) is 18.8. The molecule has 2 rings (SSSR count). The number of hydrogen-bond donors (Lipinski definition) is 1. The number of aliphatic hydroxyl groups is 1. The van der Waals surface area contributed by atoms with Crippen LogP contribution in [0.25, 0.3) is 0 Å². The van der Waals surface area contributed by atoms with Gasteiger partial charge in [-0.3, -0.25) is 4.79 Å². The van der Waals surface area contributed by atoms with Crippen LogP contribution in [-0.2, 0) is 11.2 Å². The minimum absolute atomic E-state index is 0.0379. The molecule has 1 heterocycles. The number of carbonyl (C=O) groups excluding carboxylic acids is 1. The summed E-state index contributed by atoms with van der Waals surface area (Å²) in [4.78, 5) is 13.9. The van der Waals surface area contributed by atoms with Gasteiger partial charge in [0, 0.05) is 13.1 Å². The smallest absolute Gasteiger partial charge is 0.227 e. The number of β-amino-alcohol motifs (C(OH)–C–C–N with tert-alkyl or cyclic N) is 1. The van der Waals surface area contributed by atoms with Crippen LogP contribution in [0.3, 0.4) is 0 Å². The number of amides is 1. The van der Waals surface area contributed by atoms with E-state index in [1.807, 2.05) is 12.1 Å². The Hall–Kier alpha value is -1.75. The lowest BCUT2D eigenvalue weighted by molar-refractivity contribution is -0.133. The van der Waals surface area contributed by atoms with Crippen molar-refractivity contribution in [1.82, 2.24) is 4.90 Å². The van der Waals surface area contributed by atoms with E-state index in [0.29, 0.717) is 24.5 Å². The third kappa shape index (κ3) is 3.42. The summed E-state index contributed by atoms with van der Waals surface area (Å²) in [6.07, 6.45) is 1.56. The summed E-state index contributed by atoms with van der Waals surface area (Å²) < 4.78 is 10.4. The molecular weight excluding hydrogens is 258 g/mol. The van der Waals surface area contributed by atoms with E-state index in [9.17, 15) is 9.90 Å². The van der Waals surface area contributed by atoms with Gasteiger partial charge in [0.25, 0.3) is 0 Å². The molecule has 1 aromatic carbocycles. The molecule has 1 atom stereocenters. The maximum atomic E-state index is 12.2. The van der Waals surface area contributed by atoms with Gasteiger partial charge in [-0.2, -0.15) is 0 Å². The number of likely N-dealkylation sites (tertiary alicyclic amines) is 1. The molecule has 1 saturated heterocycles. The highest BCUT2D eigenvalue weighted by atomic mass is 16.5. The second-order valence-electron chi connectivity index (χ2n) is 5.00. The minimum Gasteiger partial charge on any atom is -0.493 e. The number of piperidine rings is 1. The average Bonchev–Trinajstić information content (AvgIpc) is 2.47. The summed E-state index contributed by atoms with van der Waals surface area (Å²) >= 11 is 0. The Morgan fingerprint density at radius 3 is 2.75 bits per heavy atom. The molecule has 0 spiro atoms. The minimum atomic E-state index is -0.391. The highest BCUT2D eigenvalue weighted by Gasteiger charge is 2.22. The first-order valence-electron chi connectivity index (χ1n) is 6.80. The first kappa shape index (κ1) is 14.7. The van der Waals surface area contributed by atoms with Crippen LogP contribution in [0.1, 0.15) is 18.4 Å². The largest absolute Gasteiger partial charge is 0.493 e. The van der Waals surface area contributed by atoms with Gasteiger partial charge in [-0.15, -0.1) is 0 Å². The summed E-state index contributed by atoms with van der Waals surface area (Å²) in [6, 6.07) is 5.48. The molecule has 0 bridgehead atoms. The van der Waals surface area contributed by atoms with Crippen molar-refractivity contribution in [2.24, 2.45) is 0 Å². The van der Waals surface area contributed by atoms with Gasteiger partial charge in [-0.25, -0.2) is 0 Å². The van der Waals surface area contributed by atoms with Gasteiger partial charge in [0.15, 0.2) is 11.5 Å². The van der Waals surface area contributed by atoms with Gasteiger partial charge >= 0.3 is 0 Å². The molecule has 0 aromatic heterocycles. The number of methoxy groups -OCH3 is 2. The highest BCUT2D eigenvalue weighted by Crippen LogP contribution is 2.28. The van der Waals surface area contributed by atoms with Gasteiger partial charge < -0.3 is 19.5 Å². The number of nitrogens with zero attached hydrogens (tertiary/aromatic N) is 1. The second-order valence-corrected chi connectivity index (χ2v) is 5.00. The summed E-state index contributed by atoms with van der Waals surface area (Å²) in [5.41, 5.74) is 0.882. The van der Waals surface area contributed by atoms with Crippen LogP contribution in [0.4, 0.5) is 0 Å². The zero-order valence-electron chi connectivity index (χ0n) is 12.0. The van der Waals surface area contributed by atoms with Crippen molar-refractivity contribution < 1.29 is 19.4 Å². The number of aliphatic hydroxyl groups excluding tert-OH is 1. The summed E-state index contributed by atoms with van der Waals surface area (Å²) in [6.45, 7) is 1.16. The average molecular weight is 279 g/mol. The molecule has 0 saturated carbocycles. The fraction of sp³-hybridized carbons (Fsp3) is 0.533. The van der Waals surface area contributed by atoms with E-state index in [1.165, 1.54) is 0 Å². The van der Waals surface area contributed by atoms with Crippen LogP contribution < -0.4 is 9.47 Å². The van der Waals surface area contributed by atoms with Crippen molar-refractivity contribution in [1.29, 1.82) is 0 Å². The monoisotopic (exact) mass is 279 g/mol. The molecule has 20 heavy (non-hydrogen) atoms. The zero-order valence-corrected chi connectivity index (χ0v) is 12.0. The molecule has 5 nitrogen and oxygen atoms in total. The molecule has 1 aromatic rings. The van der Waals surface area contributed by atoms with Gasteiger partial charge in [0.2, 0.25) is 5.91 Å². The molecule has 1 aliphatic rings. The Balaban J connectivity index is 2.03. The van der Waals surface area contributed by atoms with Crippen molar-refractivity contribution >= 4 is 5.91 Å². The topological polar surface area (TPSA) is 59.0 Å². The lowest BCUT2D eigenvalue weighted by Gasteiger charge is -2.30. The molecule has 0 aliphatic carbocycles. The number of benzene rings is 1. The van der Waals surface area contributed by atoms with Gasteiger partial charge in [0.1, 0.15) is 0 Å². The fourth-order valence-electron chi connectivity index (χ4n) is 2.46. The Bertz CT molecular complexity index is 475. The van der Waals surface area contributed by atoms with Crippen molar-refractivity contribution in [3.63, 3.8) is 0 Å². The van der Waals surface area contributed by atoms with Crippen molar-refractivity contribution in [2.45, 2.75) is 25.4 Å². The van der Waals surface area contributed by atoms with Gasteiger partial charge in [-0.05, 0) is 30.5 Å². The number of hydrogen-bond acceptors (Lipinski definition) is 4. The van der Waals surface area contributed by atoms with E-state index in [1.54, 1.807) is 25.2 Å². The lowest BCUT2D eigenvalue weighted by Crippen LogP contribution is -2.42. The highest BCUT2D eigenvalue weighted by molar-refractivity contribution is 5.79. The van der Waals surface area contributed by atoms with Crippen molar-refractivity contribution in [3.05, 3.63) is 23.8 Å². The number of ether oxygens (including phenoxy) is 2. The number of carbonyl (C=O) groups is 1. The molecule has 5 heteroatoms. The van der Waals surface area contributed by atoms with E-state index in [2.05, 4.69) is 0 Å². The SMILES string of the molecule is COc1ccc(CC(=O)N2CCC[C@@H](O)C2)cc1OC. The van der Waals surface area contributed by atoms with Gasteiger partial charge in [0.05, 0.1) is 26.7 Å². The molecule has 110 valence electrons. The molecule has 0 radical (unpaired) electrons. The molecule has 1 N–H and O–H groups in total. The van der Waals surface area contributed by atoms with E-state index in [0.717, 1.165) is 24.9 Å². The number of rotatable bonds is 4. The van der Waals surface area contributed by atoms with Crippen LogP contribution in [0.15, 0.2) is 18.2 Å². The molecule has 1 fully saturated rings. The summed E-state index contributed by atoms with van der Waals surface area (Å²) in [7, 11) is 3.16. The van der Waals surface area contributed by atoms with Crippen LogP contribution in [0.5, 0.6) is 11.5 Å². The standard InChI is InChI=1S/C15H21NO4/c1-19-13-6-5-11(8-14(13)20-2)9-15(18)16-7-3-4-12(17)10-16/h5-6,8,12,17H,3-4,7,9-10H2,1-2H3/t12-/m1/s1. The Labute approximate surface area is 119 Å². The van der Waals surface area contributed by atoms with Gasteiger partial charge in [-0.1, -0.05) is 6.07 Å². The van der Waals surface area contributed by atoms with E-state index < -0.39 is 6.10 Å². The Morgan fingerprint density at radius 2 is 2.10 bits per heavy atom. The first-order valence-corrected chi connectivity index (χ1v) is 6.80. The van der Waals surface area contributed by atoms with Crippen LogP contribution in [0, 0.1) is 0 Å². The van der Waals surface area contributed by atoms with E-state index in [-0.39, 0.29) is 5.91 Å². The van der Waals surface area contributed by atoms with E-state index >= 15 is 0 Å². The first-order chi connectivity index (χ1) is 9.63. The molecule has 0 unspecified atom stereocenters. The zero-order chi connectivity index (χ0) is 14.5. The van der Waals surface area contributed by atoms with Crippen molar-refractivity contribution in [3.8, 4) is 11.5 Å². The van der Waals surface area contributed by atoms with Crippen molar-refractivity contribution in [2.75, 3.05) is 27.3 Å². The summed E-state index contributed by atoms with van der Waals surface area (Å²) in [5, 5.41) is 9.61. The fourth-order valence-corrected chi connectivity index (χ4v) is 2.46. The van der Waals surface area contributed by atoms with Crippen LogP contribution in [0.2, 0.25) is 0 Å². The molecule has 1 aliphatic heterocycles. The van der Waals surface area contributed by atoms with Crippen LogP contribution in [-0.4, -0.2) is 49.3 Å². The second kappa shape index (κ2) is 6.61. The predicted molar refractivity (Wildman–Crippen MR) is 75.1 cm³/mol. The quantitative estimate of drug-likeness (QED) is 0.900. The third-order valence-corrected chi connectivity index (χ3v) is 3.55. The van der Waals surface area contributed by atoms with E-state index in [4.69, 9.17) is 9.47 Å². The maximum absolute atomic E-state index is 12.2. The lowest BCUT2D eigenvalue weighted by atomic mass is 10.1.